The second-order valence-corrected chi connectivity index (χ2v) is 7.12. The third-order valence-electron chi connectivity index (χ3n) is 3.12. The van der Waals surface area contributed by atoms with Crippen LogP contribution in [-0.2, 0) is 4.74 Å². The van der Waals surface area contributed by atoms with E-state index in [1.807, 2.05) is 57.2 Å². The maximum absolute atomic E-state index is 12.6. The van der Waals surface area contributed by atoms with E-state index in [9.17, 15) is 4.79 Å². The molecule has 0 spiro atoms. The second-order valence-electron chi connectivity index (χ2n) is 6.07. The minimum atomic E-state index is -0.566. The number of rotatable bonds is 3. The zero-order valence-corrected chi connectivity index (χ0v) is 15.7. The number of carbonyl (C=O) groups excluding carboxylic acids is 1. The first kappa shape index (κ1) is 17.8. The van der Waals surface area contributed by atoms with Crippen LogP contribution in [0.4, 0.5) is 10.5 Å². The number of benzene rings is 2. The molecule has 0 atom stereocenters. The summed E-state index contributed by atoms with van der Waals surface area (Å²) >= 11 is 9.25. The lowest BCUT2D eigenvalue weighted by atomic mass is 10.1. The fourth-order valence-corrected chi connectivity index (χ4v) is 2.95. The summed E-state index contributed by atoms with van der Waals surface area (Å²) in [7, 11) is 0. The highest BCUT2D eigenvalue weighted by Crippen LogP contribution is 2.34. The van der Waals surface area contributed by atoms with Crippen LogP contribution in [0.5, 0.6) is 0 Å². The average molecular weight is 397 g/mol. The summed E-state index contributed by atoms with van der Waals surface area (Å²) in [6.07, 6.45) is 1.29. The summed E-state index contributed by atoms with van der Waals surface area (Å²) in [6.45, 7) is 5.86. The molecule has 2 aromatic carbocycles. The molecule has 23 heavy (non-hydrogen) atoms. The van der Waals surface area contributed by atoms with E-state index in [0.29, 0.717) is 6.54 Å². The maximum atomic E-state index is 12.6. The monoisotopic (exact) mass is 395 g/mol. The van der Waals surface area contributed by atoms with Gasteiger partial charge in [0.05, 0.1) is 5.69 Å². The second kappa shape index (κ2) is 7.37. The molecule has 0 aliphatic rings. The maximum Gasteiger partial charge on any atom is 0.415 e. The molecule has 0 radical (unpaired) electrons. The van der Waals surface area contributed by atoms with Gasteiger partial charge in [0.25, 0.3) is 0 Å². The normalized spacial score (nSPS) is 11.9. The quantitative estimate of drug-likeness (QED) is 0.627. The molecule has 0 aliphatic heterocycles. The lowest BCUT2D eigenvalue weighted by molar-refractivity contribution is 0.0584. The molecule has 1 amide bonds. The number of ether oxygens (including phenoxy) is 1. The number of fused-ring (bicyclic) bond motifs is 1. The molecular weight excluding hydrogens is 378 g/mol. The summed E-state index contributed by atoms with van der Waals surface area (Å²) < 4.78 is 6.36. The van der Waals surface area contributed by atoms with Gasteiger partial charge >= 0.3 is 6.09 Å². The molecule has 5 heteroatoms. The molecule has 0 saturated heterocycles. The van der Waals surface area contributed by atoms with E-state index in [1.54, 1.807) is 11.0 Å². The van der Waals surface area contributed by atoms with Gasteiger partial charge in [0.15, 0.2) is 0 Å². The topological polar surface area (TPSA) is 29.5 Å². The molecule has 0 saturated carbocycles. The van der Waals surface area contributed by atoms with E-state index in [2.05, 4.69) is 15.9 Å². The van der Waals surface area contributed by atoms with E-state index in [-0.39, 0.29) is 0 Å². The number of hydrogen-bond donors (Lipinski definition) is 0. The zero-order valence-electron chi connectivity index (χ0n) is 13.3. The van der Waals surface area contributed by atoms with Crippen molar-refractivity contribution in [3.63, 3.8) is 0 Å². The van der Waals surface area contributed by atoms with Crippen LogP contribution in [0.25, 0.3) is 10.8 Å². The Bertz CT molecular complexity index is 737. The Morgan fingerprint density at radius 3 is 2.61 bits per heavy atom. The van der Waals surface area contributed by atoms with Crippen LogP contribution in [0.2, 0.25) is 0 Å². The lowest BCUT2D eigenvalue weighted by Gasteiger charge is -2.27. The van der Waals surface area contributed by atoms with Gasteiger partial charge in [-0.3, -0.25) is 4.90 Å². The standard InChI is InChI=1S/C18H19BrClNO2/c1-18(2,3)23-17(22)21(12-6-11-20)15-10-9-13-7-4-5-8-14(13)16(15)19/h4-11H,12H2,1-3H3/b11-6+. The first-order valence-electron chi connectivity index (χ1n) is 7.26. The molecular formula is C18H19BrClNO2. The van der Waals surface area contributed by atoms with Crippen LogP contribution < -0.4 is 4.90 Å². The van der Waals surface area contributed by atoms with Crippen LogP contribution in [0.3, 0.4) is 0 Å². The Morgan fingerprint density at radius 1 is 1.26 bits per heavy atom. The van der Waals surface area contributed by atoms with E-state index >= 15 is 0 Å². The molecule has 3 nitrogen and oxygen atoms in total. The molecule has 0 heterocycles. The number of halogens is 2. The van der Waals surface area contributed by atoms with Gasteiger partial charge in [-0.15, -0.1) is 0 Å². The Kier molecular flexibility index (Phi) is 5.71. The van der Waals surface area contributed by atoms with Gasteiger partial charge in [-0.25, -0.2) is 4.79 Å². The highest BCUT2D eigenvalue weighted by atomic mass is 79.9. The van der Waals surface area contributed by atoms with Crippen molar-refractivity contribution in [2.45, 2.75) is 26.4 Å². The van der Waals surface area contributed by atoms with Crippen molar-refractivity contribution in [1.29, 1.82) is 0 Å². The van der Waals surface area contributed by atoms with Crippen molar-refractivity contribution in [3.05, 3.63) is 52.5 Å². The predicted molar refractivity (Wildman–Crippen MR) is 100 cm³/mol. The highest BCUT2D eigenvalue weighted by molar-refractivity contribution is 9.10. The molecule has 0 aliphatic carbocycles. The van der Waals surface area contributed by atoms with Gasteiger partial charge in [0, 0.05) is 16.6 Å². The minimum Gasteiger partial charge on any atom is -0.443 e. The van der Waals surface area contributed by atoms with Crippen LogP contribution in [0.1, 0.15) is 20.8 Å². The Labute approximate surface area is 150 Å². The first-order valence-corrected chi connectivity index (χ1v) is 8.49. The smallest absolute Gasteiger partial charge is 0.415 e. The van der Waals surface area contributed by atoms with E-state index in [4.69, 9.17) is 16.3 Å². The molecule has 122 valence electrons. The summed E-state index contributed by atoms with van der Waals surface area (Å²) in [4.78, 5) is 14.1. The summed E-state index contributed by atoms with van der Waals surface area (Å²) in [5.41, 5.74) is 1.57. The predicted octanol–water partition coefficient (Wildman–Crippen LogP) is 6.10. The van der Waals surface area contributed by atoms with Gasteiger partial charge in [-0.1, -0.05) is 48.0 Å². The summed E-state index contributed by atoms with van der Waals surface area (Å²) in [5, 5.41) is 2.13. The molecule has 0 bridgehead atoms. The summed E-state index contributed by atoms with van der Waals surface area (Å²) in [5.74, 6) is 0. The number of hydrogen-bond acceptors (Lipinski definition) is 2. The van der Waals surface area contributed by atoms with Gasteiger partial charge in [-0.05, 0) is 53.5 Å². The molecule has 0 fully saturated rings. The minimum absolute atomic E-state index is 0.329. The first-order chi connectivity index (χ1) is 10.8. The number of carbonyl (C=O) groups is 1. The van der Waals surface area contributed by atoms with E-state index in [0.717, 1.165) is 20.9 Å². The molecule has 0 N–H and O–H groups in total. The fourth-order valence-electron chi connectivity index (χ4n) is 2.16. The van der Waals surface area contributed by atoms with Crippen molar-refractivity contribution in [1.82, 2.24) is 0 Å². The number of nitrogens with zero attached hydrogens (tertiary/aromatic N) is 1. The van der Waals surface area contributed by atoms with Crippen LogP contribution in [0, 0.1) is 0 Å². The van der Waals surface area contributed by atoms with Crippen LogP contribution >= 0.6 is 27.5 Å². The third-order valence-corrected chi connectivity index (χ3v) is 4.14. The van der Waals surface area contributed by atoms with Gasteiger partial charge < -0.3 is 4.74 Å². The van der Waals surface area contributed by atoms with Crippen molar-refractivity contribution in [2.75, 3.05) is 11.4 Å². The van der Waals surface area contributed by atoms with Gasteiger partial charge in [0.1, 0.15) is 5.60 Å². The largest absolute Gasteiger partial charge is 0.443 e. The Balaban J connectivity index is 2.46. The fraction of sp³-hybridized carbons (Fsp3) is 0.278. The van der Waals surface area contributed by atoms with Crippen molar-refractivity contribution < 1.29 is 9.53 Å². The van der Waals surface area contributed by atoms with E-state index in [1.165, 1.54) is 5.54 Å². The summed E-state index contributed by atoms with van der Waals surface area (Å²) in [6, 6.07) is 11.9. The Morgan fingerprint density at radius 2 is 1.96 bits per heavy atom. The Hall–Kier alpha value is -1.52. The molecule has 0 aromatic heterocycles. The molecule has 2 aromatic rings. The van der Waals surface area contributed by atoms with Crippen LogP contribution in [-0.4, -0.2) is 18.2 Å². The average Bonchev–Trinajstić information content (AvgIpc) is 2.48. The van der Waals surface area contributed by atoms with E-state index < -0.39 is 11.7 Å². The van der Waals surface area contributed by atoms with Gasteiger partial charge in [-0.2, -0.15) is 0 Å². The molecule has 2 rings (SSSR count). The SMILES string of the molecule is CC(C)(C)OC(=O)N(C/C=C/Cl)c1ccc2ccccc2c1Br. The number of anilines is 1. The van der Waals surface area contributed by atoms with Crippen LogP contribution in [0.15, 0.2) is 52.5 Å². The zero-order chi connectivity index (χ0) is 17.0. The van der Waals surface area contributed by atoms with Crippen molar-refractivity contribution >= 4 is 50.1 Å². The van der Waals surface area contributed by atoms with Crippen molar-refractivity contribution in [3.8, 4) is 0 Å². The third kappa shape index (κ3) is 4.49. The highest BCUT2D eigenvalue weighted by Gasteiger charge is 2.24. The van der Waals surface area contributed by atoms with Gasteiger partial charge in [0.2, 0.25) is 0 Å². The number of amides is 1. The van der Waals surface area contributed by atoms with Crippen molar-refractivity contribution in [2.24, 2.45) is 0 Å². The molecule has 0 unspecified atom stereocenters. The lowest BCUT2D eigenvalue weighted by Crippen LogP contribution is -2.37.